The number of hydrogen-bond acceptors (Lipinski definition) is 5. The number of nitrogens with zero attached hydrogens (tertiary/aromatic N) is 2. The summed E-state index contributed by atoms with van der Waals surface area (Å²) in [5, 5.41) is 11.9. The van der Waals surface area contributed by atoms with E-state index in [0.717, 1.165) is 77.5 Å². The van der Waals surface area contributed by atoms with Crippen LogP contribution in [0.1, 0.15) is 29.0 Å². The Morgan fingerprint density at radius 1 is 0.596 bits per heavy atom. The molecular weight excluding hydrogens is 576 g/mol. The van der Waals surface area contributed by atoms with Gasteiger partial charge in [-0.2, -0.15) is 0 Å². The SMILES string of the molecule is c1ccc(C2=NC(c3ccccc3)NC(c3ccccc3-c3ccc(-c4ccccc4)c4oc5cc6cnccc6cc5c34)N2)cc1. The second kappa shape index (κ2) is 11.4. The summed E-state index contributed by atoms with van der Waals surface area (Å²) in [6, 6.07) is 50.7. The van der Waals surface area contributed by atoms with Gasteiger partial charge in [0.15, 0.2) is 0 Å². The van der Waals surface area contributed by atoms with Gasteiger partial charge < -0.3 is 9.73 Å². The third kappa shape index (κ3) is 4.85. The van der Waals surface area contributed by atoms with Crippen molar-refractivity contribution >= 4 is 38.5 Å². The summed E-state index contributed by atoms with van der Waals surface area (Å²) >= 11 is 0. The van der Waals surface area contributed by atoms with E-state index in [4.69, 9.17) is 9.41 Å². The fourth-order valence-corrected chi connectivity index (χ4v) is 6.79. The zero-order valence-corrected chi connectivity index (χ0v) is 25.5. The normalized spacial score (nSPS) is 16.3. The summed E-state index contributed by atoms with van der Waals surface area (Å²) < 4.78 is 6.77. The first-order valence-electron chi connectivity index (χ1n) is 15.9. The molecule has 2 N–H and O–H groups in total. The number of benzene rings is 6. The largest absolute Gasteiger partial charge is 0.455 e. The molecule has 0 saturated heterocycles. The number of pyridine rings is 1. The molecule has 0 spiro atoms. The average Bonchev–Trinajstić information content (AvgIpc) is 3.53. The van der Waals surface area contributed by atoms with Gasteiger partial charge in [-0.05, 0) is 57.5 Å². The molecule has 2 aromatic heterocycles. The first-order chi connectivity index (χ1) is 23.3. The van der Waals surface area contributed by atoms with Gasteiger partial charge in [-0.15, -0.1) is 0 Å². The topological polar surface area (TPSA) is 62.5 Å². The molecule has 0 saturated carbocycles. The molecular formula is C42H30N4O. The van der Waals surface area contributed by atoms with Crippen molar-refractivity contribution in [3.63, 3.8) is 0 Å². The van der Waals surface area contributed by atoms with Crippen LogP contribution in [0.5, 0.6) is 0 Å². The molecule has 0 radical (unpaired) electrons. The Balaban J connectivity index is 1.25. The van der Waals surface area contributed by atoms with Crippen molar-refractivity contribution in [3.8, 4) is 22.3 Å². The lowest BCUT2D eigenvalue weighted by molar-refractivity contribution is 0.409. The predicted molar refractivity (Wildman–Crippen MR) is 191 cm³/mol. The minimum atomic E-state index is -0.221. The molecule has 6 aromatic carbocycles. The highest BCUT2D eigenvalue weighted by molar-refractivity contribution is 6.18. The fourth-order valence-electron chi connectivity index (χ4n) is 6.79. The first-order valence-corrected chi connectivity index (χ1v) is 15.9. The van der Waals surface area contributed by atoms with Crippen molar-refractivity contribution in [2.75, 3.05) is 0 Å². The molecule has 1 aliphatic rings. The summed E-state index contributed by atoms with van der Waals surface area (Å²) in [5.41, 5.74) is 9.44. The summed E-state index contributed by atoms with van der Waals surface area (Å²) in [4.78, 5) is 9.49. The smallest absolute Gasteiger partial charge is 0.143 e. The zero-order chi connectivity index (χ0) is 31.2. The highest BCUT2D eigenvalue weighted by atomic mass is 16.3. The molecule has 0 amide bonds. The monoisotopic (exact) mass is 606 g/mol. The Morgan fingerprint density at radius 3 is 2.11 bits per heavy atom. The third-order valence-electron chi connectivity index (χ3n) is 9.05. The number of hydrogen-bond donors (Lipinski definition) is 2. The lowest BCUT2D eigenvalue weighted by Crippen LogP contribution is -2.45. The third-order valence-corrected chi connectivity index (χ3v) is 9.05. The van der Waals surface area contributed by atoms with Crippen LogP contribution in [-0.2, 0) is 0 Å². The van der Waals surface area contributed by atoms with Crippen molar-refractivity contribution in [3.05, 3.63) is 175 Å². The van der Waals surface area contributed by atoms with E-state index in [-0.39, 0.29) is 12.3 Å². The molecule has 0 aliphatic carbocycles. The van der Waals surface area contributed by atoms with Gasteiger partial charge in [-0.1, -0.05) is 121 Å². The van der Waals surface area contributed by atoms with Gasteiger partial charge in [0.05, 0.1) is 0 Å². The number of rotatable bonds is 5. The van der Waals surface area contributed by atoms with Crippen LogP contribution in [0.4, 0.5) is 0 Å². The summed E-state index contributed by atoms with van der Waals surface area (Å²) in [5.74, 6) is 0.858. The van der Waals surface area contributed by atoms with Crippen LogP contribution in [0.15, 0.2) is 167 Å². The van der Waals surface area contributed by atoms with E-state index < -0.39 is 0 Å². The van der Waals surface area contributed by atoms with Crippen LogP contribution in [0, 0.1) is 0 Å². The molecule has 1 aliphatic heterocycles. The second-order valence-electron chi connectivity index (χ2n) is 11.9. The van der Waals surface area contributed by atoms with Gasteiger partial charge in [-0.3, -0.25) is 10.3 Å². The number of nitrogens with one attached hydrogen (secondary N) is 2. The molecule has 0 fully saturated rings. The zero-order valence-electron chi connectivity index (χ0n) is 25.5. The van der Waals surface area contributed by atoms with Crippen LogP contribution in [-0.4, -0.2) is 10.8 Å². The number of aromatic nitrogens is 1. The van der Waals surface area contributed by atoms with Gasteiger partial charge in [0.2, 0.25) is 0 Å². The van der Waals surface area contributed by atoms with Gasteiger partial charge in [0.1, 0.15) is 29.3 Å². The number of furan rings is 1. The van der Waals surface area contributed by atoms with E-state index in [9.17, 15) is 0 Å². The molecule has 5 nitrogen and oxygen atoms in total. The van der Waals surface area contributed by atoms with Crippen molar-refractivity contribution in [2.45, 2.75) is 12.3 Å². The molecule has 9 rings (SSSR count). The fraction of sp³-hybridized carbons (Fsp3) is 0.0476. The maximum Gasteiger partial charge on any atom is 0.143 e. The van der Waals surface area contributed by atoms with E-state index >= 15 is 0 Å². The molecule has 2 atom stereocenters. The van der Waals surface area contributed by atoms with E-state index in [0.29, 0.717) is 0 Å². The Kier molecular flexibility index (Phi) is 6.61. The van der Waals surface area contributed by atoms with Gasteiger partial charge in [0.25, 0.3) is 0 Å². The highest BCUT2D eigenvalue weighted by Crippen LogP contribution is 2.44. The van der Waals surface area contributed by atoms with E-state index in [2.05, 4.69) is 143 Å². The van der Waals surface area contributed by atoms with Crippen molar-refractivity contribution in [1.29, 1.82) is 0 Å². The van der Waals surface area contributed by atoms with E-state index in [1.165, 1.54) is 0 Å². The average molecular weight is 607 g/mol. The molecule has 5 heteroatoms. The Labute approximate surface area is 272 Å². The van der Waals surface area contributed by atoms with E-state index in [1.54, 1.807) is 0 Å². The van der Waals surface area contributed by atoms with Crippen molar-refractivity contribution in [2.24, 2.45) is 4.99 Å². The van der Waals surface area contributed by atoms with Crippen LogP contribution < -0.4 is 10.6 Å². The maximum absolute atomic E-state index is 6.77. The van der Waals surface area contributed by atoms with Crippen LogP contribution in [0.25, 0.3) is 55.0 Å². The summed E-state index contributed by atoms with van der Waals surface area (Å²) in [6.45, 7) is 0. The first kappa shape index (κ1) is 27.3. The van der Waals surface area contributed by atoms with Crippen molar-refractivity contribution in [1.82, 2.24) is 15.6 Å². The number of amidine groups is 1. The molecule has 0 bridgehead atoms. The molecule has 2 unspecified atom stereocenters. The molecule has 224 valence electrons. The summed E-state index contributed by atoms with van der Waals surface area (Å²) in [7, 11) is 0. The predicted octanol–water partition coefficient (Wildman–Crippen LogP) is 9.81. The highest BCUT2D eigenvalue weighted by Gasteiger charge is 2.28. The lowest BCUT2D eigenvalue weighted by Gasteiger charge is -2.33. The minimum Gasteiger partial charge on any atom is -0.455 e. The number of fused-ring (bicyclic) bond motifs is 4. The molecule has 3 heterocycles. The Bertz CT molecular complexity index is 2420. The molecule has 8 aromatic rings. The van der Waals surface area contributed by atoms with Gasteiger partial charge in [-0.25, -0.2) is 4.99 Å². The number of aliphatic imine (C=N–C) groups is 1. The van der Waals surface area contributed by atoms with Crippen molar-refractivity contribution < 1.29 is 4.42 Å². The Hall–Kier alpha value is -6.04. The van der Waals surface area contributed by atoms with E-state index in [1.807, 2.05) is 30.6 Å². The maximum atomic E-state index is 6.77. The van der Waals surface area contributed by atoms with Gasteiger partial charge in [0, 0.05) is 39.7 Å². The standard InChI is InChI=1S/C42H30N4O/c1-4-12-27(13-5-1)32-20-21-34(38-36-24-30-22-23-43-26-31(30)25-37(36)47-39(32)38)33-18-10-11-19-35(33)42-45-40(28-14-6-2-7-15-28)44-41(46-42)29-16-8-3-9-17-29/h1-26,40,42,45H,(H,44,46). The van der Waals surface area contributed by atoms with Gasteiger partial charge >= 0.3 is 0 Å². The Morgan fingerprint density at radius 2 is 1.30 bits per heavy atom. The summed E-state index contributed by atoms with van der Waals surface area (Å²) in [6.07, 6.45) is 3.31. The van der Waals surface area contributed by atoms with Crippen LogP contribution in [0.2, 0.25) is 0 Å². The molecule has 47 heavy (non-hydrogen) atoms. The quantitative estimate of drug-likeness (QED) is 0.205. The second-order valence-corrected chi connectivity index (χ2v) is 11.9. The van der Waals surface area contributed by atoms with Crippen LogP contribution in [0.3, 0.4) is 0 Å². The lowest BCUT2D eigenvalue weighted by atomic mass is 9.90. The van der Waals surface area contributed by atoms with Crippen LogP contribution >= 0.6 is 0 Å². The minimum absolute atomic E-state index is 0.210.